The van der Waals surface area contributed by atoms with Crippen molar-refractivity contribution in [3.05, 3.63) is 24.3 Å². The van der Waals surface area contributed by atoms with Crippen LogP contribution in [-0.2, 0) is 0 Å². The normalized spacial score (nSPS) is 22.8. The summed E-state index contributed by atoms with van der Waals surface area (Å²) in [4.78, 5) is 0. The van der Waals surface area contributed by atoms with Crippen LogP contribution in [0, 0.1) is 0 Å². The van der Waals surface area contributed by atoms with E-state index in [1.165, 1.54) is 12.0 Å². The lowest BCUT2D eigenvalue weighted by molar-refractivity contribution is 0.0505. The molecular weight excluding hydrogens is 160 g/mol. The molecule has 1 aliphatic rings. The zero-order chi connectivity index (χ0) is 9.73. The highest BCUT2D eigenvalue weighted by molar-refractivity contribution is 5.12. The Hall–Kier alpha value is -0.560. The predicted molar refractivity (Wildman–Crippen MR) is 56.6 cm³/mol. The van der Waals surface area contributed by atoms with Gasteiger partial charge in [0, 0.05) is 0 Å². The summed E-state index contributed by atoms with van der Waals surface area (Å²) in [7, 11) is 0. The minimum atomic E-state index is -0.509. The van der Waals surface area contributed by atoms with E-state index in [0.717, 1.165) is 32.1 Å². The van der Waals surface area contributed by atoms with Crippen LogP contribution in [0.15, 0.2) is 24.3 Å². The zero-order valence-corrected chi connectivity index (χ0v) is 8.55. The summed E-state index contributed by atoms with van der Waals surface area (Å²) in [6, 6.07) is 0. The fourth-order valence-electron chi connectivity index (χ4n) is 2.05. The van der Waals surface area contributed by atoms with Gasteiger partial charge in [-0.05, 0) is 26.2 Å². The molecule has 0 aromatic rings. The van der Waals surface area contributed by atoms with Gasteiger partial charge in [0.1, 0.15) is 0 Å². The molecule has 0 atom stereocenters. The van der Waals surface area contributed by atoms with Gasteiger partial charge in [-0.25, -0.2) is 0 Å². The lowest BCUT2D eigenvalue weighted by Gasteiger charge is -2.29. The number of aliphatic hydroxyl groups is 1. The van der Waals surface area contributed by atoms with Crippen LogP contribution in [-0.4, -0.2) is 10.7 Å². The fraction of sp³-hybridized carbons (Fsp3) is 0.667. The summed E-state index contributed by atoms with van der Waals surface area (Å²) in [5.74, 6) is 0. The molecule has 0 aromatic carbocycles. The molecule has 1 aliphatic carbocycles. The highest BCUT2D eigenvalue weighted by atomic mass is 16.3. The second kappa shape index (κ2) is 4.61. The largest absolute Gasteiger partial charge is 0.386 e. The molecule has 0 saturated heterocycles. The maximum Gasteiger partial charge on any atom is 0.0830 e. The molecule has 1 saturated carbocycles. The summed E-state index contributed by atoms with van der Waals surface area (Å²) < 4.78 is 0. The molecule has 0 bridgehead atoms. The third kappa shape index (κ3) is 3.35. The van der Waals surface area contributed by atoms with E-state index in [1.54, 1.807) is 0 Å². The van der Waals surface area contributed by atoms with Crippen LogP contribution in [0.4, 0.5) is 0 Å². The molecular formula is C12H20O. The Bertz CT molecular complexity index is 197. The summed E-state index contributed by atoms with van der Waals surface area (Å²) in [5.41, 5.74) is 0.727. The average molecular weight is 180 g/mol. The summed E-state index contributed by atoms with van der Waals surface area (Å²) in [5, 5.41) is 10.2. The van der Waals surface area contributed by atoms with Crippen molar-refractivity contribution >= 4 is 0 Å². The van der Waals surface area contributed by atoms with Crippen molar-refractivity contribution in [3.63, 3.8) is 0 Å². The van der Waals surface area contributed by atoms with Crippen molar-refractivity contribution < 1.29 is 5.11 Å². The smallest absolute Gasteiger partial charge is 0.0830 e. The van der Waals surface area contributed by atoms with Gasteiger partial charge in [-0.15, -0.1) is 6.58 Å². The van der Waals surface area contributed by atoms with E-state index < -0.39 is 5.60 Å². The Kier molecular flexibility index (Phi) is 3.73. The second-order valence-electron chi connectivity index (χ2n) is 4.15. The SMILES string of the molecule is C=CC/C(C)=C\C1(O)CCCCC1. The molecule has 74 valence electrons. The standard InChI is InChI=1S/C12H20O/c1-3-7-11(2)10-12(13)8-5-4-6-9-12/h3,10,13H,1,4-9H2,2H3/b11-10-. The Morgan fingerprint density at radius 2 is 2.00 bits per heavy atom. The van der Waals surface area contributed by atoms with Crippen LogP contribution < -0.4 is 0 Å². The first-order chi connectivity index (χ1) is 6.16. The number of allylic oxidation sites excluding steroid dienone is 2. The molecule has 0 heterocycles. The van der Waals surface area contributed by atoms with Gasteiger partial charge < -0.3 is 5.11 Å². The summed E-state index contributed by atoms with van der Waals surface area (Å²) in [6.07, 6.45) is 10.3. The highest BCUT2D eigenvalue weighted by Crippen LogP contribution is 2.30. The maximum absolute atomic E-state index is 10.2. The van der Waals surface area contributed by atoms with Gasteiger partial charge in [-0.2, -0.15) is 0 Å². The molecule has 0 radical (unpaired) electrons. The van der Waals surface area contributed by atoms with Gasteiger partial charge in [0.15, 0.2) is 0 Å². The molecule has 1 N–H and O–H groups in total. The van der Waals surface area contributed by atoms with Crippen molar-refractivity contribution in [1.82, 2.24) is 0 Å². The summed E-state index contributed by atoms with van der Waals surface area (Å²) in [6.45, 7) is 5.76. The van der Waals surface area contributed by atoms with Crippen molar-refractivity contribution in [2.75, 3.05) is 0 Å². The van der Waals surface area contributed by atoms with Crippen LogP contribution >= 0.6 is 0 Å². The molecule has 1 nitrogen and oxygen atoms in total. The molecule has 0 amide bonds. The van der Waals surface area contributed by atoms with Crippen LogP contribution in [0.2, 0.25) is 0 Å². The van der Waals surface area contributed by atoms with Gasteiger partial charge in [-0.3, -0.25) is 0 Å². The van der Waals surface area contributed by atoms with Gasteiger partial charge >= 0.3 is 0 Å². The molecule has 1 fully saturated rings. The van der Waals surface area contributed by atoms with Crippen LogP contribution in [0.1, 0.15) is 45.4 Å². The van der Waals surface area contributed by atoms with Crippen LogP contribution in [0.25, 0.3) is 0 Å². The second-order valence-corrected chi connectivity index (χ2v) is 4.15. The number of hydrogen-bond donors (Lipinski definition) is 1. The van der Waals surface area contributed by atoms with Crippen molar-refractivity contribution in [2.45, 2.75) is 51.0 Å². The van der Waals surface area contributed by atoms with E-state index in [1.807, 2.05) is 12.2 Å². The van der Waals surface area contributed by atoms with Gasteiger partial charge in [-0.1, -0.05) is 37.0 Å². The van der Waals surface area contributed by atoms with Gasteiger partial charge in [0.2, 0.25) is 0 Å². The molecule has 1 rings (SSSR count). The van der Waals surface area contributed by atoms with Crippen LogP contribution in [0.3, 0.4) is 0 Å². The molecule has 1 heteroatoms. The van der Waals surface area contributed by atoms with E-state index in [4.69, 9.17) is 0 Å². The molecule has 0 unspecified atom stereocenters. The lowest BCUT2D eigenvalue weighted by Crippen LogP contribution is -2.28. The minimum Gasteiger partial charge on any atom is -0.386 e. The minimum absolute atomic E-state index is 0.509. The van der Waals surface area contributed by atoms with Gasteiger partial charge in [0.25, 0.3) is 0 Å². The third-order valence-corrected chi connectivity index (χ3v) is 2.70. The predicted octanol–water partition coefficient (Wildman–Crippen LogP) is 3.20. The topological polar surface area (TPSA) is 20.2 Å². The molecule has 0 aromatic heterocycles. The van der Waals surface area contributed by atoms with Gasteiger partial charge in [0.05, 0.1) is 5.60 Å². The first-order valence-corrected chi connectivity index (χ1v) is 5.18. The molecule has 0 spiro atoms. The third-order valence-electron chi connectivity index (χ3n) is 2.70. The highest BCUT2D eigenvalue weighted by Gasteiger charge is 2.26. The van der Waals surface area contributed by atoms with E-state index >= 15 is 0 Å². The van der Waals surface area contributed by atoms with E-state index in [0.29, 0.717) is 0 Å². The van der Waals surface area contributed by atoms with E-state index in [9.17, 15) is 5.11 Å². The lowest BCUT2D eigenvalue weighted by atomic mass is 9.83. The van der Waals surface area contributed by atoms with Crippen molar-refractivity contribution in [2.24, 2.45) is 0 Å². The van der Waals surface area contributed by atoms with Crippen molar-refractivity contribution in [3.8, 4) is 0 Å². The average Bonchev–Trinajstić information content (AvgIpc) is 2.04. The van der Waals surface area contributed by atoms with E-state index in [2.05, 4.69) is 13.5 Å². The fourth-order valence-corrected chi connectivity index (χ4v) is 2.05. The van der Waals surface area contributed by atoms with E-state index in [-0.39, 0.29) is 0 Å². The first kappa shape index (κ1) is 10.5. The molecule has 0 aliphatic heterocycles. The molecule has 13 heavy (non-hydrogen) atoms. The Labute approximate surface area is 81.2 Å². The summed E-state index contributed by atoms with van der Waals surface area (Å²) >= 11 is 0. The van der Waals surface area contributed by atoms with Crippen LogP contribution in [0.5, 0.6) is 0 Å². The quantitative estimate of drug-likeness (QED) is 0.661. The maximum atomic E-state index is 10.2. The number of rotatable bonds is 3. The Morgan fingerprint density at radius 3 is 2.54 bits per heavy atom. The first-order valence-electron chi connectivity index (χ1n) is 5.18. The zero-order valence-electron chi connectivity index (χ0n) is 8.55. The van der Waals surface area contributed by atoms with Crippen molar-refractivity contribution in [1.29, 1.82) is 0 Å². The number of hydrogen-bond acceptors (Lipinski definition) is 1. The Morgan fingerprint density at radius 1 is 1.38 bits per heavy atom. The monoisotopic (exact) mass is 180 g/mol. The Balaban J connectivity index is 2.57.